The SMILES string of the molecule is CCCCC(C(=O)OC)C(O)c1ccc(F)c(Cl)c1. The van der Waals surface area contributed by atoms with Gasteiger partial charge in [0.15, 0.2) is 0 Å². The molecule has 3 nitrogen and oxygen atoms in total. The van der Waals surface area contributed by atoms with Gasteiger partial charge in [-0.15, -0.1) is 0 Å². The lowest BCUT2D eigenvalue weighted by molar-refractivity contribution is -0.150. The van der Waals surface area contributed by atoms with E-state index in [1.165, 1.54) is 25.3 Å². The Kier molecular flexibility index (Phi) is 6.25. The molecule has 1 rings (SSSR count). The summed E-state index contributed by atoms with van der Waals surface area (Å²) < 4.78 is 17.8. The van der Waals surface area contributed by atoms with Gasteiger partial charge in [-0.3, -0.25) is 4.79 Å². The third-order valence-corrected chi connectivity index (χ3v) is 3.33. The molecule has 19 heavy (non-hydrogen) atoms. The molecular weight excluding hydrogens is 271 g/mol. The Morgan fingerprint density at radius 3 is 2.74 bits per heavy atom. The van der Waals surface area contributed by atoms with Gasteiger partial charge in [-0.1, -0.05) is 37.4 Å². The molecule has 0 bridgehead atoms. The topological polar surface area (TPSA) is 46.5 Å². The van der Waals surface area contributed by atoms with Crippen molar-refractivity contribution in [1.29, 1.82) is 0 Å². The number of hydrogen-bond acceptors (Lipinski definition) is 3. The van der Waals surface area contributed by atoms with Crippen LogP contribution in [0.4, 0.5) is 4.39 Å². The number of carbonyl (C=O) groups excluding carboxylic acids is 1. The molecule has 106 valence electrons. The van der Waals surface area contributed by atoms with E-state index in [0.717, 1.165) is 12.8 Å². The molecule has 1 aromatic rings. The van der Waals surface area contributed by atoms with Crippen LogP contribution in [0, 0.1) is 11.7 Å². The molecule has 0 heterocycles. The molecule has 1 N–H and O–H groups in total. The number of halogens is 2. The van der Waals surface area contributed by atoms with Gasteiger partial charge in [0.1, 0.15) is 5.82 Å². The summed E-state index contributed by atoms with van der Waals surface area (Å²) >= 11 is 5.68. The van der Waals surface area contributed by atoms with Crippen LogP contribution in [0.5, 0.6) is 0 Å². The van der Waals surface area contributed by atoms with E-state index in [1.54, 1.807) is 0 Å². The fourth-order valence-corrected chi connectivity index (χ4v) is 2.10. The van der Waals surface area contributed by atoms with Crippen molar-refractivity contribution in [2.75, 3.05) is 7.11 Å². The van der Waals surface area contributed by atoms with E-state index in [4.69, 9.17) is 16.3 Å². The molecule has 0 aromatic heterocycles. The van der Waals surface area contributed by atoms with E-state index in [-0.39, 0.29) is 5.02 Å². The highest BCUT2D eigenvalue weighted by molar-refractivity contribution is 6.30. The van der Waals surface area contributed by atoms with Gasteiger partial charge in [-0.25, -0.2) is 4.39 Å². The lowest BCUT2D eigenvalue weighted by Gasteiger charge is -2.21. The van der Waals surface area contributed by atoms with Crippen molar-refractivity contribution in [3.8, 4) is 0 Å². The summed E-state index contributed by atoms with van der Waals surface area (Å²) in [5.41, 5.74) is 0.415. The minimum absolute atomic E-state index is 0.0735. The smallest absolute Gasteiger partial charge is 0.311 e. The third-order valence-electron chi connectivity index (χ3n) is 3.04. The van der Waals surface area contributed by atoms with E-state index in [2.05, 4.69) is 0 Å². The average Bonchev–Trinajstić information content (AvgIpc) is 2.41. The summed E-state index contributed by atoms with van der Waals surface area (Å²) in [6.07, 6.45) is 1.17. The molecular formula is C14H18ClFO3. The summed E-state index contributed by atoms with van der Waals surface area (Å²) in [4.78, 5) is 11.7. The Hall–Kier alpha value is -1.13. The van der Waals surface area contributed by atoms with E-state index >= 15 is 0 Å². The number of carbonyl (C=O) groups is 1. The molecule has 1 aromatic carbocycles. The molecule has 0 saturated heterocycles. The fourth-order valence-electron chi connectivity index (χ4n) is 1.91. The van der Waals surface area contributed by atoms with Gasteiger partial charge < -0.3 is 9.84 Å². The Bertz CT molecular complexity index is 437. The largest absolute Gasteiger partial charge is 0.469 e. The molecule has 2 unspecified atom stereocenters. The van der Waals surface area contributed by atoms with Crippen molar-refractivity contribution < 1.29 is 19.0 Å². The Balaban J connectivity index is 2.93. The number of hydrogen-bond donors (Lipinski definition) is 1. The molecule has 0 amide bonds. The van der Waals surface area contributed by atoms with Gasteiger partial charge >= 0.3 is 5.97 Å². The fraction of sp³-hybridized carbons (Fsp3) is 0.500. The zero-order chi connectivity index (χ0) is 14.4. The van der Waals surface area contributed by atoms with E-state index in [0.29, 0.717) is 12.0 Å². The first-order valence-corrected chi connectivity index (χ1v) is 6.59. The van der Waals surface area contributed by atoms with Crippen molar-refractivity contribution in [2.45, 2.75) is 32.3 Å². The zero-order valence-electron chi connectivity index (χ0n) is 11.0. The van der Waals surface area contributed by atoms with Crippen molar-refractivity contribution >= 4 is 17.6 Å². The highest BCUT2D eigenvalue weighted by atomic mass is 35.5. The van der Waals surface area contributed by atoms with E-state index in [1.807, 2.05) is 6.92 Å². The third kappa shape index (κ3) is 4.18. The van der Waals surface area contributed by atoms with Crippen molar-refractivity contribution in [3.63, 3.8) is 0 Å². The van der Waals surface area contributed by atoms with Crippen molar-refractivity contribution in [1.82, 2.24) is 0 Å². The van der Waals surface area contributed by atoms with Crippen LogP contribution in [0.15, 0.2) is 18.2 Å². The quantitative estimate of drug-likeness (QED) is 0.815. The number of aliphatic hydroxyl groups excluding tert-OH is 1. The van der Waals surface area contributed by atoms with Gasteiger partial charge in [0.05, 0.1) is 24.2 Å². The predicted molar refractivity (Wildman–Crippen MR) is 71.4 cm³/mol. The molecule has 0 saturated carbocycles. The highest BCUT2D eigenvalue weighted by Gasteiger charge is 2.28. The Morgan fingerprint density at radius 2 is 2.21 bits per heavy atom. The van der Waals surface area contributed by atoms with Crippen LogP contribution in [0.3, 0.4) is 0 Å². The molecule has 5 heteroatoms. The van der Waals surface area contributed by atoms with Crippen LogP contribution in [0.2, 0.25) is 5.02 Å². The number of aliphatic hydroxyl groups is 1. The normalized spacial score (nSPS) is 13.9. The first-order chi connectivity index (χ1) is 9.01. The first-order valence-electron chi connectivity index (χ1n) is 6.22. The highest BCUT2D eigenvalue weighted by Crippen LogP contribution is 2.29. The zero-order valence-corrected chi connectivity index (χ0v) is 11.8. The molecule has 0 aliphatic rings. The molecule has 0 spiro atoms. The number of methoxy groups -OCH3 is 1. The van der Waals surface area contributed by atoms with Gasteiger partial charge in [-0.2, -0.15) is 0 Å². The van der Waals surface area contributed by atoms with Crippen LogP contribution < -0.4 is 0 Å². The second-order valence-corrected chi connectivity index (χ2v) is 4.80. The standard InChI is InChI=1S/C14H18ClFO3/c1-3-4-5-10(14(18)19-2)13(17)9-6-7-12(16)11(15)8-9/h6-8,10,13,17H,3-5H2,1-2H3. The van der Waals surface area contributed by atoms with Crippen molar-refractivity contribution in [3.05, 3.63) is 34.6 Å². The van der Waals surface area contributed by atoms with Gasteiger partial charge in [0.2, 0.25) is 0 Å². The number of esters is 1. The van der Waals surface area contributed by atoms with Crippen molar-refractivity contribution in [2.24, 2.45) is 5.92 Å². The molecule has 2 atom stereocenters. The van der Waals surface area contributed by atoms with E-state index < -0.39 is 23.8 Å². The lowest BCUT2D eigenvalue weighted by Crippen LogP contribution is -2.23. The number of benzene rings is 1. The summed E-state index contributed by atoms with van der Waals surface area (Å²) in [5, 5.41) is 10.2. The van der Waals surface area contributed by atoms with Gasteiger partial charge in [-0.05, 0) is 24.1 Å². The minimum Gasteiger partial charge on any atom is -0.469 e. The lowest BCUT2D eigenvalue weighted by atomic mass is 9.91. The van der Waals surface area contributed by atoms with Crippen LogP contribution in [0.25, 0.3) is 0 Å². The average molecular weight is 289 g/mol. The second kappa shape index (κ2) is 7.46. The summed E-state index contributed by atoms with van der Waals surface area (Å²) in [7, 11) is 1.28. The number of ether oxygens (including phenoxy) is 1. The predicted octanol–water partition coefficient (Wildman–Crippen LogP) is 3.49. The minimum atomic E-state index is -1.04. The maximum absolute atomic E-state index is 13.1. The summed E-state index contributed by atoms with van der Waals surface area (Å²) in [6, 6.07) is 3.94. The molecule has 0 aliphatic heterocycles. The number of rotatable bonds is 6. The Morgan fingerprint density at radius 1 is 1.53 bits per heavy atom. The molecule has 0 fully saturated rings. The second-order valence-electron chi connectivity index (χ2n) is 4.39. The van der Waals surface area contributed by atoms with Crippen LogP contribution in [-0.4, -0.2) is 18.2 Å². The first kappa shape index (κ1) is 15.9. The molecule has 0 aliphatic carbocycles. The van der Waals surface area contributed by atoms with Gasteiger partial charge in [0, 0.05) is 0 Å². The van der Waals surface area contributed by atoms with E-state index in [9.17, 15) is 14.3 Å². The summed E-state index contributed by atoms with van der Waals surface area (Å²) in [5.74, 6) is -1.69. The van der Waals surface area contributed by atoms with Crippen LogP contribution in [-0.2, 0) is 9.53 Å². The molecule has 0 radical (unpaired) electrons. The summed E-state index contributed by atoms with van der Waals surface area (Å²) in [6.45, 7) is 2.00. The van der Waals surface area contributed by atoms with Gasteiger partial charge in [0.25, 0.3) is 0 Å². The number of unbranched alkanes of at least 4 members (excludes halogenated alkanes) is 1. The maximum atomic E-state index is 13.1. The maximum Gasteiger partial charge on any atom is 0.311 e. The monoisotopic (exact) mass is 288 g/mol. The van der Waals surface area contributed by atoms with Crippen LogP contribution >= 0.6 is 11.6 Å². The Labute approximate surface area is 117 Å². The van der Waals surface area contributed by atoms with Crippen LogP contribution in [0.1, 0.15) is 37.9 Å².